The Bertz CT molecular complexity index is 3930. The topological polar surface area (TPSA) is 700 Å². The number of carbonyl (C=O) groups excluding carboxylic acids is 2. The molecule has 92 heavy (non-hydrogen) atoms. The maximum absolute atomic E-state index is 12.4. The summed E-state index contributed by atoms with van der Waals surface area (Å²) < 4.78 is 118. The second-order valence-electron chi connectivity index (χ2n) is 19.8. The molecule has 8 unspecified atom stereocenters. The third kappa shape index (κ3) is 16.3. The Hall–Kier alpha value is -5.87. The number of nitrogen functional groups attached to an aromatic ring is 2. The fraction of sp³-hybridized carbons (Fsp3) is 0.476. The van der Waals surface area contributed by atoms with Gasteiger partial charge in [-0.15, -0.1) is 0 Å². The van der Waals surface area contributed by atoms with Gasteiger partial charge in [0, 0.05) is 12.1 Å². The van der Waals surface area contributed by atoms with Crippen LogP contribution in [0.3, 0.4) is 0 Å². The number of hydrogen-bond donors (Lipinski definition) is 11. The molecule has 6 aromatic rings. The summed E-state index contributed by atoms with van der Waals surface area (Å²) in [5, 5.41) is 72.9. The first kappa shape index (κ1) is 70.4. The van der Waals surface area contributed by atoms with Gasteiger partial charge in [-0.3, -0.25) is 37.0 Å². The van der Waals surface area contributed by atoms with Crippen LogP contribution in [0.25, 0.3) is 22.3 Å². The van der Waals surface area contributed by atoms with E-state index in [0.717, 1.165) is 23.5 Å². The minimum Gasteiger partial charge on any atom is -0.790 e. The Morgan fingerprint density at radius 1 is 0.511 bits per heavy atom. The van der Waals surface area contributed by atoms with Crippen LogP contribution < -0.4 is 61.4 Å². The SMILES string of the molecule is NC(=O)c1ccc[n+]([C@@H]2O[C@H](COP(=O)([O-])OP(=O)([O-])OC[C@H]3O[C@@H](n4cnc5c(N)ncnc54)C(O)[C@H]3O)[C@H](O)C2O)c1.NC(=O)c1ccc[n+]([C@@H]2O[C@H](COP(=O)([O-])OP(=O)([O-])OC[C@H]3O[C@@H](n4cnc5c(N)ncnc54)C(OP(=O)([O-])[O-])[C@H]3O)[C@H](O)C2O)c1. The number of phosphoric acid groups is 5. The zero-order valence-corrected chi connectivity index (χ0v) is 50.4. The predicted octanol–water partition coefficient (Wildman–Crippen LogP) is -9.71. The van der Waals surface area contributed by atoms with Crippen LogP contribution in [-0.4, -0.2) is 186 Å². The molecule has 4 aliphatic heterocycles. The minimum atomic E-state index is -5.86. The van der Waals surface area contributed by atoms with Gasteiger partial charge in [0.05, 0.1) is 46.9 Å². The van der Waals surface area contributed by atoms with E-state index in [1.54, 1.807) is 0 Å². The summed E-state index contributed by atoms with van der Waals surface area (Å²) in [5.74, 6) is -1.65. The van der Waals surface area contributed by atoms with Crippen molar-refractivity contribution in [2.24, 2.45) is 11.5 Å². The van der Waals surface area contributed by atoms with Crippen LogP contribution >= 0.6 is 39.1 Å². The van der Waals surface area contributed by atoms with Gasteiger partial charge in [0.1, 0.15) is 95.9 Å². The number of nitrogens with zero attached hydrogens (tertiary/aromatic N) is 10. The Kier molecular flexibility index (Phi) is 21.3. The lowest BCUT2D eigenvalue weighted by molar-refractivity contribution is -0.766. The molecule has 504 valence electrons. The van der Waals surface area contributed by atoms with Crippen LogP contribution in [0.1, 0.15) is 45.6 Å². The lowest BCUT2D eigenvalue weighted by atomic mass is 10.1. The first-order valence-corrected chi connectivity index (χ1v) is 33.1. The summed E-state index contributed by atoms with van der Waals surface area (Å²) in [6.07, 6.45) is -16.5. The zero-order valence-electron chi connectivity index (χ0n) is 45.9. The molecule has 10 rings (SSSR count). The molecule has 0 spiro atoms. The highest BCUT2D eigenvalue weighted by atomic mass is 31.3. The normalized spacial score (nSPS) is 30.9. The van der Waals surface area contributed by atoms with Gasteiger partial charge >= 0.3 is 0 Å². The van der Waals surface area contributed by atoms with Gasteiger partial charge < -0.3 is 134 Å². The highest BCUT2D eigenvalue weighted by molar-refractivity contribution is 7.60. The largest absolute Gasteiger partial charge is 0.790 e. The molecule has 2 amide bonds. The second kappa shape index (κ2) is 27.8. The van der Waals surface area contributed by atoms with Crippen LogP contribution in [0.5, 0.6) is 0 Å². The quantitative estimate of drug-likeness (QED) is 0.0198. The fourth-order valence-corrected chi connectivity index (χ4v) is 13.9. The number of aromatic nitrogens is 10. The Labute approximate surface area is 512 Å². The second-order valence-corrected chi connectivity index (χ2v) is 26.8. The molecular formula is C42H51N14O31P5-4. The predicted molar refractivity (Wildman–Crippen MR) is 276 cm³/mol. The molecule has 0 aromatic carbocycles. The van der Waals surface area contributed by atoms with Crippen molar-refractivity contribution in [3.8, 4) is 0 Å². The third-order valence-corrected chi connectivity index (χ3v) is 19.2. The number of fused-ring (bicyclic) bond motifs is 2. The molecule has 4 aliphatic rings. The molecule has 15 N–H and O–H groups in total. The van der Waals surface area contributed by atoms with Gasteiger partial charge in [-0.25, -0.2) is 38.5 Å². The summed E-state index contributed by atoms with van der Waals surface area (Å²) in [6, 6.07) is 5.55. The van der Waals surface area contributed by atoms with Crippen LogP contribution in [0, 0.1) is 0 Å². The molecule has 4 fully saturated rings. The van der Waals surface area contributed by atoms with Gasteiger partial charge in [-0.05, 0) is 12.1 Å². The molecule has 10 heterocycles. The van der Waals surface area contributed by atoms with Crippen molar-refractivity contribution in [1.82, 2.24) is 39.0 Å². The summed E-state index contributed by atoms with van der Waals surface area (Å²) in [7, 11) is -28.8. The van der Waals surface area contributed by atoms with E-state index in [1.165, 1.54) is 69.1 Å². The highest BCUT2D eigenvalue weighted by Gasteiger charge is 2.52. The van der Waals surface area contributed by atoms with Gasteiger partial charge in [-0.1, -0.05) is 0 Å². The molecule has 4 saturated heterocycles. The van der Waals surface area contributed by atoms with E-state index in [9.17, 15) is 97.5 Å². The molecule has 6 aromatic heterocycles. The van der Waals surface area contributed by atoms with Crippen molar-refractivity contribution in [3.05, 3.63) is 85.5 Å². The number of amides is 2. The first-order valence-electron chi connectivity index (χ1n) is 25.8. The Morgan fingerprint density at radius 3 is 1.26 bits per heavy atom. The average molecular weight is 1400 g/mol. The molecule has 20 atom stereocenters. The Morgan fingerprint density at radius 2 is 0.870 bits per heavy atom. The number of aliphatic hydroxyl groups excluding tert-OH is 7. The number of ether oxygens (including phenoxy) is 4. The molecule has 0 aliphatic carbocycles. The van der Waals surface area contributed by atoms with E-state index in [0.29, 0.717) is 0 Å². The molecule has 0 radical (unpaired) electrons. The van der Waals surface area contributed by atoms with E-state index in [4.69, 9.17) is 41.9 Å². The zero-order chi connectivity index (χ0) is 67.2. The number of phosphoric ester groups is 5. The number of anilines is 2. The Balaban J connectivity index is 0.000000218. The monoisotopic (exact) mass is 1400 g/mol. The smallest absolute Gasteiger partial charge is 0.292 e. The van der Waals surface area contributed by atoms with E-state index < -0.39 is 176 Å². The summed E-state index contributed by atoms with van der Waals surface area (Å²) in [4.78, 5) is 118. The van der Waals surface area contributed by atoms with Crippen molar-refractivity contribution in [2.45, 2.75) is 98.2 Å². The molecule has 45 nitrogen and oxygen atoms in total. The number of nitrogens with two attached hydrogens (primary N) is 4. The average Bonchev–Trinajstić information content (AvgIpc) is 1.63. The van der Waals surface area contributed by atoms with Crippen LogP contribution in [-0.2, 0) is 73.0 Å². The summed E-state index contributed by atoms with van der Waals surface area (Å²) in [5.41, 5.74) is 22.3. The van der Waals surface area contributed by atoms with Crippen molar-refractivity contribution >= 4 is 84.9 Å². The lowest BCUT2D eigenvalue weighted by Gasteiger charge is -2.34. The van der Waals surface area contributed by atoms with Crippen molar-refractivity contribution in [3.63, 3.8) is 0 Å². The summed E-state index contributed by atoms with van der Waals surface area (Å²) >= 11 is 0. The van der Waals surface area contributed by atoms with Crippen LogP contribution in [0.2, 0.25) is 0 Å². The number of hydrogen-bond acceptors (Lipinski definition) is 39. The maximum atomic E-state index is 12.4. The van der Waals surface area contributed by atoms with Gasteiger partial charge in [-0.2, -0.15) is 9.13 Å². The van der Waals surface area contributed by atoms with Crippen molar-refractivity contribution in [1.29, 1.82) is 0 Å². The molecule has 0 bridgehead atoms. The van der Waals surface area contributed by atoms with E-state index in [1.807, 2.05) is 0 Å². The minimum absolute atomic E-state index is 0.0155. The standard InChI is InChI=1S/C21H28N7O17P3.C21H27N7O14P2/c22-17-12-19(25-7-24-17)28(8-26-12)21-16(44-46(33,34)35)14(30)11(43-21)6-41-48(38,39)45-47(36,37)40-5-10-13(29)15(31)20(42-10)27-3-1-2-9(4-27)18(23)32;22-17-12-19(25-7-24-17)28(8-26-12)21-16(32)14(30)11(41-21)6-39-44(36,37)42-43(34,35)38-5-10-13(29)15(31)20(40-10)27-3-1-2-9(4-27)18(23)33/h1-4,7-8,10-11,13-16,20-21,29-31H,5-6H2,(H7-,22,23,24,25,32,33,34,35,36,37,38,39);1-4,7-8,10-11,13-16,20-21,29-32H,5-6H2,(H5-,22,23,24,25,33,34,35,36,37)/p-4/t2*10-,11-,13+,14+,15?,16?,20-,21-/m11/s1. The lowest BCUT2D eigenvalue weighted by Crippen LogP contribution is -2.46. The molecule has 50 heteroatoms. The number of aliphatic hydroxyl groups is 7. The van der Waals surface area contributed by atoms with Gasteiger partial charge in [0.15, 0.2) is 72.4 Å². The van der Waals surface area contributed by atoms with E-state index in [2.05, 4.69) is 61.1 Å². The summed E-state index contributed by atoms with van der Waals surface area (Å²) in [6.45, 7) is -4.24. The maximum Gasteiger partial charge on any atom is 0.292 e. The van der Waals surface area contributed by atoms with Gasteiger partial charge in [0.25, 0.3) is 55.6 Å². The van der Waals surface area contributed by atoms with Crippen molar-refractivity contribution in [2.75, 3.05) is 37.9 Å². The number of carbonyl (C=O) groups is 2. The van der Waals surface area contributed by atoms with Gasteiger partial charge in [0.2, 0.25) is 0 Å². The van der Waals surface area contributed by atoms with E-state index >= 15 is 0 Å². The highest BCUT2D eigenvalue weighted by Crippen LogP contribution is 2.57. The number of primary amides is 2. The molecule has 0 saturated carbocycles. The number of pyridine rings is 2. The number of rotatable bonds is 24. The first-order chi connectivity index (χ1) is 43.0. The van der Waals surface area contributed by atoms with Crippen LogP contribution in [0.15, 0.2) is 74.4 Å². The molecular weight excluding hydrogens is 1350 g/mol. The third-order valence-electron chi connectivity index (χ3n) is 13.7. The fourth-order valence-electron chi connectivity index (χ4n) is 9.37. The number of imidazole rings is 2. The van der Waals surface area contributed by atoms with Crippen LogP contribution in [0.4, 0.5) is 11.6 Å². The van der Waals surface area contributed by atoms with E-state index in [-0.39, 0.29) is 45.1 Å². The van der Waals surface area contributed by atoms with Crippen molar-refractivity contribution < 1.29 is 157 Å².